The first-order chi connectivity index (χ1) is 12.9. The van der Waals surface area contributed by atoms with E-state index in [1.807, 2.05) is 48.3 Å². The summed E-state index contributed by atoms with van der Waals surface area (Å²) in [5.41, 5.74) is 2.25. The predicted octanol–water partition coefficient (Wildman–Crippen LogP) is 5.18. The SMILES string of the molecule is COc1ccc(C2=NN3[C@H](C2)c2cc(Br)ccc2O[C@@]3(C)/C=C(\C)O)cc1. The van der Waals surface area contributed by atoms with Crippen LogP contribution < -0.4 is 9.47 Å². The van der Waals surface area contributed by atoms with Crippen LogP contribution in [0.4, 0.5) is 0 Å². The van der Waals surface area contributed by atoms with Crippen LogP contribution >= 0.6 is 15.9 Å². The number of ether oxygens (including phenoxy) is 2. The Balaban J connectivity index is 1.79. The van der Waals surface area contributed by atoms with Crippen molar-refractivity contribution in [3.63, 3.8) is 0 Å². The Kier molecular flexibility index (Phi) is 4.38. The highest BCUT2D eigenvalue weighted by atomic mass is 79.9. The van der Waals surface area contributed by atoms with E-state index in [1.165, 1.54) is 0 Å². The monoisotopic (exact) mass is 428 g/mol. The summed E-state index contributed by atoms with van der Waals surface area (Å²) in [6.07, 6.45) is 2.46. The molecule has 2 aliphatic rings. The molecule has 1 N–H and O–H groups in total. The lowest BCUT2D eigenvalue weighted by molar-refractivity contribution is -0.0698. The quantitative estimate of drug-likeness (QED) is 0.684. The van der Waals surface area contributed by atoms with Gasteiger partial charge in [-0.1, -0.05) is 15.9 Å². The molecule has 0 saturated carbocycles. The molecule has 0 unspecified atom stereocenters. The van der Waals surface area contributed by atoms with Gasteiger partial charge in [-0.15, -0.1) is 0 Å². The van der Waals surface area contributed by atoms with Crippen molar-refractivity contribution in [2.45, 2.75) is 32.0 Å². The van der Waals surface area contributed by atoms with E-state index >= 15 is 0 Å². The maximum absolute atomic E-state index is 9.91. The molecule has 2 aliphatic heterocycles. The maximum atomic E-state index is 9.91. The molecule has 0 radical (unpaired) electrons. The van der Waals surface area contributed by atoms with Crippen LogP contribution in [0.5, 0.6) is 11.5 Å². The molecular weight excluding hydrogens is 408 g/mol. The van der Waals surface area contributed by atoms with Gasteiger partial charge in [0, 0.05) is 29.5 Å². The number of halogens is 1. The van der Waals surface area contributed by atoms with E-state index in [9.17, 15) is 5.11 Å². The number of allylic oxidation sites excluding steroid dienone is 1. The van der Waals surface area contributed by atoms with Crippen LogP contribution in [0.3, 0.4) is 0 Å². The van der Waals surface area contributed by atoms with Gasteiger partial charge in [0.2, 0.25) is 5.72 Å². The molecule has 2 aromatic rings. The number of nitrogens with zero attached hydrogens (tertiary/aromatic N) is 2. The van der Waals surface area contributed by atoms with E-state index in [2.05, 4.69) is 22.0 Å². The summed E-state index contributed by atoms with van der Waals surface area (Å²) in [5, 5.41) is 16.7. The fourth-order valence-corrected chi connectivity index (χ4v) is 4.12. The molecule has 27 heavy (non-hydrogen) atoms. The Bertz CT molecular complexity index is 935. The molecule has 0 aliphatic carbocycles. The van der Waals surface area contributed by atoms with Crippen LogP contribution in [-0.2, 0) is 0 Å². The van der Waals surface area contributed by atoms with Gasteiger partial charge >= 0.3 is 0 Å². The van der Waals surface area contributed by atoms with Gasteiger partial charge in [0.15, 0.2) is 0 Å². The van der Waals surface area contributed by atoms with Crippen LogP contribution in [0.15, 0.2) is 63.9 Å². The molecule has 0 spiro atoms. The van der Waals surface area contributed by atoms with E-state index < -0.39 is 5.72 Å². The summed E-state index contributed by atoms with van der Waals surface area (Å²) in [7, 11) is 1.66. The van der Waals surface area contributed by atoms with Crippen LogP contribution in [0.25, 0.3) is 0 Å². The third-order valence-electron chi connectivity index (χ3n) is 4.91. The number of aliphatic hydroxyl groups is 1. The van der Waals surface area contributed by atoms with Gasteiger partial charge < -0.3 is 14.6 Å². The van der Waals surface area contributed by atoms with Crippen molar-refractivity contribution in [1.82, 2.24) is 5.01 Å². The fraction of sp³-hybridized carbons (Fsp3) is 0.286. The molecular formula is C21H21BrN2O3. The standard InChI is InChI=1S/C21H21BrN2O3/c1-13(25)12-21(2)24-19(17-10-15(22)6-9-20(17)27-21)11-18(23-24)14-4-7-16(26-3)8-5-14/h4-10,12,19,25H,11H2,1-3H3/b13-12+/t19-,21+/m1/s1. The Labute approximate surface area is 167 Å². The van der Waals surface area contributed by atoms with Gasteiger partial charge in [0.05, 0.1) is 24.6 Å². The summed E-state index contributed by atoms with van der Waals surface area (Å²) < 4.78 is 12.5. The maximum Gasteiger partial charge on any atom is 0.218 e. The lowest BCUT2D eigenvalue weighted by Crippen LogP contribution is -2.50. The highest BCUT2D eigenvalue weighted by Crippen LogP contribution is 2.48. The number of hydrazone groups is 1. The molecule has 0 fully saturated rings. The molecule has 5 nitrogen and oxygen atoms in total. The Morgan fingerprint density at radius 2 is 2.07 bits per heavy atom. The van der Waals surface area contributed by atoms with Gasteiger partial charge in [-0.25, -0.2) is 5.01 Å². The number of fused-ring (bicyclic) bond motifs is 3. The Morgan fingerprint density at radius 1 is 1.33 bits per heavy atom. The predicted molar refractivity (Wildman–Crippen MR) is 108 cm³/mol. The summed E-state index contributed by atoms with van der Waals surface area (Å²) in [6, 6.07) is 13.9. The van der Waals surface area contributed by atoms with E-state index in [0.717, 1.165) is 39.2 Å². The summed E-state index contributed by atoms with van der Waals surface area (Å²) in [4.78, 5) is 0. The van der Waals surface area contributed by atoms with Crippen molar-refractivity contribution in [1.29, 1.82) is 0 Å². The number of aliphatic hydroxyl groups excluding tert-OH is 1. The first-order valence-corrected chi connectivity index (χ1v) is 9.57. The lowest BCUT2D eigenvalue weighted by Gasteiger charge is -2.44. The smallest absolute Gasteiger partial charge is 0.218 e. The molecule has 140 valence electrons. The van der Waals surface area contributed by atoms with Gasteiger partial charge in [-0.3, -0.25) is 0 Å². The van der Waals surface area contributed by atoms with Crippen molar-refractivity contribution in [2.75, 3.05) is 7.11 Å². The third kappa shape index (κ3) is 3.18. The molecule has 0 aromatic heterocycles. The third-order valence-corrected chi connectivity index (χ3v) is 5.41. The van der Waals surface area contributed by atoms with Crippen molar-refractivity contribution >= 4 is 21.6 Å². The number of hydrogen-bond acceptors (Lipinski definition) is 5. The molecule has 6 heteroatoms. The summed E-state index contributed by atoms with van der Waals surface area (Å²) in [6.45, 7) is 3.57. The zero-order chi connectivity index (χ0) is 19.2. The summed E-state index contributed by atoms with van der Waals surface area (Å²) >= 11 is 3.55. The highest BCUT2D eigenvalue weighted by Gasteiger charge is 2.46. The van der Waals surface area contributed by atoms with Gasteiger partial charge in [0.25, 0.3) is 0 Å². The van der Waals surface area contributed by atoms with Gasteiger partial charge in [-0.2, -0.15) is 5.10 Å². The van der Waals surface area contributed by atoms with Crippen molar-refractivity contribution in [3.05, 3.63) is 69.9 Å². The molecule has 2 heterocycles. The molecule has 0 bridgehead atoms. The zero-order valence-corrected chi connectivity index (χ0v) is 17.0. The van der Waals surface area contributed by atoms with Crippen molar-refractivity contribution in [2.24, 2.45) is 5.10 Å². The molecule has 4 rings (SSSR count). The summed E-state index contributed by atoms with van der Waals surface area (Å²) in [5.74, 6) is 1.83. The van der Waals surface area contributed by atoms with E-state index in [4.69, 9.17) is 14.6 Å². The van der Waals surface area contributed by atoms with Crippen molar-refractivity contribution < 1.29 is 14.6 Å². The highest BCUT2D eigenvalue weighted by molar-refractivity contribution is 9.10. The normalized spacial score (nSPS) is 24.0. The van der Waals surface area contributed by atoms with E-state index in [0.29, 0.717) is 0 Å². The molecule has 0 amide bonds. The average Bonchev–Trinajstić information content (AvgIpc) is 3.09. The largest absolute Gasteiger partial charge is 0.513 e. The van der Waals surface area contributed by atoms with Crippen molar-refractivity contribution in [3.8, 4) is 11.5 Å². The minimum Gasteiger partial charge on any atom is -0.513 e. The van der Waals surface area contributed by atoms with E-state index in [-0.39, 0.29) is 11.8 Å². The Hall–Kier alpha value is -2.47. The van der Waals surface area contributed by atoms with E-state index in [1.54, 1.807) is 20.1 Å². The zero-order valence-electron chi connectivity index (χ0n) is 15.4. The second kappa shape index (κ2) is 6.60. The van der Waals surface area contributed by atoms with Crippen LogP contribution in [0.1, 0.15) is 37.4 Å². The first kappa shape index (κ1) is 17.9. The van der Waals surface area contributed by atoms with Crippen LogP contribution in [0, 0.1) is 0 Å². The topological polar surface area (TPSA) is 54.3 Å². The van der Waals surface area contributed by atoms with Gasteiger partial charge in [0.1, 0.15) is 11.5 Å². The van der Waals surface area contributed by atoms with Gasteiger partial charge in [-0.05, 0) is 55.0 Å². The Morgan fingerprint density at radius 3 is 2.74 bits per heavy atom. The second-order valence-electron chi connectivity index (χ2n) is 6.96. The lowest BCUT2D eigenvalue weighted by atomic mass is 9.94. The fourth-order valence-electron chi connectivity index (χ4n) is 3.74. The second-order valence-corrected chi connectivity index (χ2v) is 7.88. The number of hydrogen-bond donors (Lipinski definition) is 1. The van der Waals surface area contributed by atoms with Crippen LogP contribution in [0.2, 0.25) is 0 Å². The average molecular weight is 429 g/mol. The molecule has 2 aromatic carbocycles. The van der Waals surface area contributed by atoms with Crippen LogP contribution in [-0.4, -0.2) is 28.7 Å². The number of methoxy groups -OCH3 is 1. The molecule has 2 atom stereocenters. The first-order valence-electron chi connectivity index (χ1n) is 8.78. The number of rotatable bonds is 3. The number of benzene rings is 2. The minimum atomic E-state index is -0.863. The molecule has 0 saturated heterocycles. The minimum absolute atomic E-state index is 0.0314.